The molecule has 2 rings (SSSR count). The van der Waals surface area contributed by atoms with Crippen LogP contribution < -0.4 is 5.32 Å². The predicted molar refractivity (Wildman–Crippen MR) is 82.7 cm³/mol. The summed E-state index contributed by atoms with van der Waals surface area (Å²) in [5.74, 6) is 3.43. The molecule has 0 spiro atoms. The number of hydrogen-bond donors (Lipinski definition) is 1. The lowest BCUT2D eigenvalue weighted by atomic mass is 10.0. The van der Waals surface area contributed by atoms with E-state index in [1.807, 2.05) is 23.9 Å². The van der Waals surface area contributed by atoms with Gasteiger partial charge in [-0.15, -0.1) is 0 Å². The van der Waals surface area contributed by atoms with E-state index in [2.05, 4.69) is 5.32 Å². The van der Waals surface area contributed by atoms with Crippen LogP contribution in [0.25, 0.3) is 0 Å². The fourth-order valence-electron chi connectivity index (χ4n) is 2.16. The minimum atomic E-state index is -3.08. The van der Waals surface area contributed by atoms with Crippen LogP contribution in [0.5, 0.6) is 0 Å². The number of hydrogen-bond acceptors (Lipinski definition) is 4. The normalized spacial score (nSPS) is 17.3. The first-order chi connectivity index (χ1) is 9.12. The highest BCUT2D eigenvalue weighted by molar-refractivity contribution is 7.99. The highest BCUT2D eigenvalue weighted by Gasteiger charge is 2.14. The number of thioether (sulfide) groups is 1. The Morgan fingerprint density at radius 3 is 2.42 bits per heavy atom. The molecule has 0 aliphatic carbocycles. The van der Waals surface area contributed by atoms with Gasteiger partial charge in [0.15, 0.2) is 9.84 Å². The molecule has 1 aliphatic heterocycles. The van der Waals surface area contributed by atoms with Crippen LogP contribution >= 0.6 is 11.8 Å². The number of nitrogens with one attached hydrogen (secondary N) is 1. The van der Waals surface area contributed by atoms with E-state index in [1.165, 1.54) is 24.3 Å². The van der Waals surface area contributed by atoms with E-state index in [-0.39, 0.29) is 5.75 Å². The molecule has 19 heavy (non-hydrogen) atoms. The van der Waals surface area contributed by atoms with Gasteiger partial charge in [0, 0.05) is 12.2 Å². The first-order valence-electron chi connectivity index (χ1n) is 6.76. The van der Waals surface area contributed by atoms with Crippen molar-refractivity contribution in [3.63, 3.8) is 0 Å². The Bertz CT molecular complexity index is 491. The van der Waals surface area contributed by atoms with Crippen molar-refractivity contribution < 1.29 is 8.42 Å². The fourth-order valence-corrected chi connectivity index (χ4v) is 4.25. The first kappa shape index (κ1) is 14.7. The van der Waals surface area contributed by atoms with E-state index in [4.69, 9.17) is 0 Å². The Morgan fingerprint density at radius 2 is 1.84 bits per heavy atom. The van der Waals surface area contributed by atoms with Crippen molar-refractivity contribution in [3.8, 4) is 0 Å². The number of rotatable bonds is 5. The summed E-state index contributed by atoms with van der Waals surface area (Å²) < 4.78 is 23.4. The zero-order valence-electron chi connectivity index (χ0n) is 11.3. The van der Waals surface area contributed by atoms with Crippen molar-refractivity contribution in [1.82, 2.24) is 0 Å². The monoisotopic (exact) mass is 299 g/mol. The Labute approximate surface area is 120 Å². The largest absolute Gasteiger partial charge is 0.385 e. The van der Waals surface area contributed by atoms with Gasteiger partial charge in [0.2, 0.25) is 0 Å². The topological polar surface area (TPSA) is 46.2 Å². The molecule has 5 heteroatoms. The van der Waals surface area contributed by atoms with E-state index >= 15 is 0 Å². The third-order valence-electron chi connectivity index (χ3n) is 3.53. The second-order valence-corrected chi connectivity index (χ2v) is 8.37. The average Bonchev–Trinajstić information content (AvgIpc) is 2.47. The van der Waals surface area contributed by atoms with Crippen LogP contribution in [0.15, 0.2) is 29.2 Å². The highest BCUT2D eigenvalue weighted by Crippen LogP contribution is 2.23. The summed E-state index contributed by atoms with van der Waals surface area (Å²) in [4.78, 5) is 0.412. The van der Waals surface area contributed by atoms with E-state index in [9.17, 15) is 8.42 Å². The van der Waals surface area contributed by atoms with E-state index in [0.717, 1.165) is 18.2 Å². The molecule has 0 atom stereocenters. The van der Waals surface area contributed by atoms with Gasteiger partial charge in [-0.2, -0.15) is 11.8 Å². The van der Waals surface area contributed by atoms with Gasteiger partial charge in [-0.3, -0.25) is 0 Å². The summed E-state index contributed by atoms with van der Waals surface area (Å²) in [7, 11) is -3.08. The summed E-state index contributed by atoms with van der Waals surface area (Å²) in [6, 6.07) is 7.11. The predicted octanol–water partition coefficient (Wildman–Crippen LogP) is 3.04. The number of sulfone groups is 1. The summed E-state index contributed by atoms with van der Waals surface area (Å²) >= 11 is 2.03. The molecule has 1 saturated heterocycles. The average molecular weight is 299 g/mol. The number of anilines is 1. The smallest absolute Gasteiger partial charge is 0.178 e. The second-order valence-electron chi connectivity index (χ2n) is 4.86. The van der Waals surface area contributed by atoms with Gasteiger partial charge in [0.25, 0.3) is 0 Å². The summed E-state index contributed by atoms with van der Waals surface area (Å²) in [5, 5.41) is 3.41. The molecule has 0 unspecified atom stereocenters. The lowest BCUT2D eigenvalue weighted by Crippen LogP contribution is -2.19. The maximum absolute atomic E-state index is 11.7. The Balaban J connectivity index is 1.91. The molecule has 0 bridgehead atoms. The fraction of sp³-hybridized carbons (Fsp3) is 0.571. The molecule has 1 aromatic rings. The zero-order chi connectivity index (χ0) is 13.7. The van der Waals surface area contributed by atoms with Crippen molar-refractivity contribution in [1.29, 1.82) is 0 Å². The minimum absolute atomic E-state index is 0.152. The Hall–Kier alpha value is -0.680. The maximum atomic E-state index is 11.7. The summed E-state index contributed by atoms with van der Waals surface area (Å²) in [6.45, 7) is 2.66. The standard InChI is InChI=1S/C14H21NO2S2/c1-2-19(16,17)14-5-3-13(4-6-14)15-11-12-7-9-18-10-8-12/h3-6,12,15H,2,7-11H2,1H3. The minimum Gasteiger partial charge on any atom is -0.385 e. The first-order valence-corrected chi connectivity index (χ1v) is 9.57. The van der Waals surface area contributed by atoms with Gasteiger partial charge in [0.05, 0.1) is 10.6 Å². The van der Waals surface area contributed by atoms with Gasteiger partial charge in [0.1, 0.15) is 0 Å². The van der Waals surface area contributed by atoms with Crippen LogP contribution in [0.3, 0.4) is 0 Å². The lowest BCUT2D eigenvalue weighted by Gasteiger charge is -2.22. The van der Waals surface area contributed by atoms with Gasteiger partial charge in [-0.1, -0.05) is 6.92 Å². The molecule has 1 heterocycles. The molecular weight excluding hydrogens is 278 g/mol. The second kappa shape index (κ2) is 6.66. The Kier molecular flexibility index (Phi) is 5.16. The van der Waals surface area contributed by atoms with Gasteiger partial charge >= 0.3 is 0 Å². The van der Waals surface area contributed by atoms with Crippen molar-refractivity contribution in [3.05, 3.63) is 24.3 Å². The summed E-state index contributed by atoms with van der Waals surface area (Å²) in [6.07, 6.45) is 2.56. The van der Waals surface area contributed by atoms with Crippen LogP contribution in [-0.4, -0.2) is 32.2 Å². The molecule has 0 radical (unpaired) electrons. The molecule has 1 fully saturated rings. The zero-order valence-corrected chi connectivity index (χ0v) is 12.9. The van der Waals surface area contributed by atoms with Gasteiger partial charge in [-0.25, -0.2) is 8.42 Å². The third-order valence-corrected chi connectivity index (χ3v) is 6.33. The van der Waals surface area contributed by atoms with Crippen LogP contribution in [-0.2, 0) is 9.84 Å². The molecule has 0 amide bonds. The number of benzene rings is 1. The SMILES string of the molecule is CCS(=O)(=O)c1ccc(NCC2CCSCC2)cc1. The summed E-state index contributed by atoms with van der Waals surface area (Å²) in [5.41, 5.74) is 1.01. The molecular formula is C14H21NO2S2. The molecule has 1 aromatic carbocycles. The van der Waals surface area contributed by atoms with Crippen LogP contribution in [0.2, 0.25) is 0 Å². The van der Waals surface area contributed by atoms with E-state index in [0.29, 0.717) is 4.90 Å². The van der Waals surface area contributed by atoms with E-state index in [1.54, 1.807) is 19.1 Å². The quantitative estimate of drug-likeness (QED) is 0.908. The van der Waals surface area contributed by atoms with E-state index < -0.39 is 9.84 Å². The van der Waals surface area contributed by atoms with Crippen LogP contribution in [0.1, 0.15) is 19.8 Å². The highest BCUT2D eigenvalue weighted by atomic mass is 32.2. The molecule has 3 nitrogen and oxygen atoms in total. The molecule has 106 valence electrons. The molecule has 1 aliphatic rings. The van der Waals surface area contributed by atoms with Gasteiger partial charge < -0.3 is 5.32 Å². The van der Waals surface area contributed by atoms with Crippen molar-refractivity contribution in [2.45, 2.75) is 24.7 Å². The van der Waals surface area contributed by atoms with Gasteiger partial charge in [-0.05, 0) is 54.5 Å². The maximum Gasteiger partial charge on any atom is 0.178 e. The van der Waals surface area contributed by atoms with Crippen molar-refractivity contribution >= 4 is 27.3 Å². The molecule has 0 saturated carbocycles. The third kappa shape index (κ3) is 4.14. The van der Waals surface area contributed by atoms with Crippen molar-refractivity contribution in [2.24, 2.45) is 5.92 Å². The van der Waals surface area contributed by atoms with Crippen molar-refractivity contribution in [2.75, 3.05) is 29.1 Å². The lowest BCUT2D eigenvalue weighted by molar-refractivity contribution is 0.516. The van der Waals surface area contributed by atoms with Crippen LogP contribution in [0, 0.1) is 5.92 Å². The molecule has 1 N–H and O–H groups in total. The molecule has 0 aromatic heterocycles. The van der Waals surface area contributed by atoms with Crippen LogP contribution in [0.4, 0.5) is 5.69 Å². The Morgan fingerprint density at radius 1 is 1.21 bits per heavy atom.